The predicted octanol–water partition coefficient (Wildman–Crippen LogP) is 2.06. The average molecular weight is 392 g/mol. The molecule has 0 unspecified atom stereocenters. The molecule has 0 aliphatic carbocycles. The van der Waals surface area contributed by atoms with E-state index in [1.807, 2.05) is 24.3 Å². The van der Waals surface area contributed by atoms with E-state index in [-0.39, 0.29) is 12.5 Å². The van der Waals surface area contributed by atoms with Crippen molar-refractivity contribution in [2.24, 2.45) is 0 Å². The van der Waals surface area contributed by atoms with Gasteiger partial charge in [0.25, 0.3) is 11.8 Å². The number of nitrogens with one attached hydrogen (secondary N) is 1. The van der Waals surface area contributed by atoms with Gasteiger partial charge in [0.1, 0.15) is 6.54 Å². The van der Waals surface area contributed by atoms with Crippen molar-refractivity contribution in [2.75, 3.05) is 49.5 Å². The highest BCUT2D eigenvalue weighted by atomic mass is 16.2. The fraction of sp³-hybridized carbons (Fsp3) is 0.318. The Labute approximate surface area is 169 Å². The molecule has 2 heterocycles. The number of amides is 3. The summed E-state index contributed by atoms with van der Waals surface area (Å²) in [5.41, 5.74) is 2.34. The molecular weight excluding hydrogens is 368 g/mol. The molecular formula is C22H24N4O3. The Balaban J connectivity index is 1.45. The zero-order chi connectivity index (χ0) is 20.4. The maximum Gasteiger partial charge on any atom is 0.262 e. The second-order valence-electron chi connectivity index (χ2n) is 7.23. The van der Waals surface area contributed by atoms with Crippen LogP contribution in [0.5, 0.6) is 0 Å². The van der Waals surface area contributed by atoms with Gasteiger partial charge >= 0.3 is 0 Å². The second kappa shape index (κ2) is 8.05. The van der Waals surface area contributed by atoms with Crippen LogP contribution in [-0.4, -0.2) is 66.8 Å². The zero-order valence-corrected chi connectivity index (χ0v) is 16.4. The van der Waals surface area contributed by atoms with Gasteiger partial charge < -0.3 is 15.1 Å². The summed E-state index contributed by atoms with van der Waals surface area (Å²) in [4.78, 5) is 43.3. The minimum absolute atomic E-state index is 0.301. The number of hydrogen-bond donors (Lipinski definition) is 1. The third kappa shape index (κ3) is 3.73. The highest BCUT2D eigenvalue weighted by molar-refractivity contribution is 6.22. The first kappa shape index (κ1) is 19.1. The molecule has 7 nitrogen and oxygen atoms in total. The summed E-state index contributed by atoms with van der Waals surface area (Å²) in [5.74, 6) is -1.24. The number of hydrogen-bond acceptors (Lipinski definition) is 5. The molecule has 0 bridgehead atoms. The number of benzene rings is 2. The number of nitrogens with zero attached hydrogens (tertiary/aromatic N) is 3. The van der Waals surface area contributed by atoms with Crippen LogP contribution in [0.25, 0.3) is 0 Å². The molecule has 2 aromatic rings. The van der Waals surface area contributed by atoms with Gasteiger partial charge in [-0.25, -0.2) is 0 Å². The normalized spacial score (nSPS) is 16.9. The van der Waals surface area contributed by atoms with Gasteiger partial charge in [0.15, 0.2) is 0 Å². The van der Waals surface area contributed by atoms with Crippen molar-refractivity contribution in [3.05, 3.63) is 59.7 Å². The Morgan fingerprint density at radius 2 is 1.48 bits per heavy atom. The minimum Gasteiger partial charge on any atom is -0.367 e. The van der Waals surface area contributed by atoms with E-state index in [1.165, 1.54) is 0 Å². The highest BCUT2D eigenvalue weighted by Crippen LogP contribution is 2.27. The number of carbonyl (C=O) groups excluding carboxylic acids is 3. The van der Waals surface area contributed by atoms with Crippen molar-refractivity contribution in [3.63, 3.8) is 0 Å². The Morgan fingerprint density at radius 3 is 2.10 bits per heavy atom. The van der Waals surface area contributed by atoms with E-state index in [1.54, 1.807) is 24.3 Å². The van der Waals surface area contributed by atoms with E-state index < -0.39 is 11.8 Å². The summed E-state index contributed by atoms with van der Waals surface area (Å²) in [6.07, 6.45) is 0. The third-order valence-electron chi connectivity index (χ3n) is 5.52. The zero-order valence-electron chi connectivity index (χ0n) is 16.4. The SMILES string of the molecule is CCN1CCN(c2ccccc2NC(=O)CN2C(=O)c3ccccc3C2=O)CC1. The van der Waals surface area contributed by atoms with Gasteiger partial charge in [-0.05, 0) is 30.8 Å². The van der Waals surface area contributed by atoms with Gasteiger partial charge in [-0.2, -0.15) is 0 Å². The number of carbonyl (C=O) groups is 3. The Hall–Kier alpha value is -3.19. The molecule has 0 saturated carbocycles. The number of imide groups is 1. The lowest BCUT2D eigenvalue weighted by Gasteiger charge is -2.36. The van der Waals surface area contributed by atoms with Crippen LogP contribution in [0.2, 0.25) is 0 Å². The van der Waals surface area contributed by atoms with Gasteiger partial charge in [0, 0.05) is 26.2 Å². The van der Waals surface area contributed by atoms with E-state index in [4.69, 9.17) is 0 Å². The van der Waals surface area contributed by atoms with Crippen LogP contribution in [0, 0.1) is 0 Å². The van der Waals surface area contributed by atoms with E-state index in [0.717, 1.165) is 43.3 Å². The van der Waals surface area contributed by atoms with Crippen molar-refractivity contribution in [2.45, 2.75) is 6.92 Å². The van der Waals surface area contributed by atoms with Crippen LogP contribution in [0.1, 0.15) is 27.6 Å². The second-order valence-corrected chi connectivity index (χ2v) is 7.23. The Kier molecular flexibility index (Phi) is 5.31. The topological polar surface area (TPSA) is 73.0 Å². The summed E-state index contributed by atoms with van der Waals surface area (Å²) in [6.45, 7) is 6.62. The third-order valence-corrected chi connectivity index (χ3v) is 5.52. The molecule has 0 spiro atoms. The fourth-order valence-electron chi connectivity index (χ4n) is 3.88. The average Bonchev–Trinajstić information content (AvgIpc) is 2.99. The Bertz CT molecular complexity index is 916. The molecule has 4 rings (SSSR count). The molecule has 1 fully saturated rings. The summed E-state index contributed by atoms with van der Waals surface area (Å²) in [5, 5.41) is 2.89. The molecule has 2 aromatic carbocycles. The summed E-state index contributed by atoms with van der Waals surface area (Å²) in [7, 11) is 0. The molecule has 29 heavy (non-hydrogen) atoms. The van der Waals surface area contributed by atoms with Crippen LogP contribution in [-0.2, 0) is 4.79 Å². The summed E-state index contributed by atoms with van der Waals surface area (Å²) < 4.78 is 0. The molecule has 2 aliphatic heterocycles. The van der Waals surface area contributed by atoms with Crippen LogP contribution < -0.4 is 10.2 Å². The first-order valence-corrected chi connectivity index (χ1v) is 9.90. The van der Waals surface area contributed by atoms with Crippen LogP contribution >= 0.6 is 0 Å². The summed E-state index contributed by atoms with van der Waals surface area (Å²) >= 11 is 0. The van der Waals surface area contributed by atoms with Gasteiger partial charge in [-0.1, -0.05) is 31.2 Å². The fourth-order valence-corrected chi connectivity index (χ4v) is 3.88. The number of likely N-dealkylation sites (N-methyl/N-ethyl adjacent to an activating group) is 1. The van der Waals surface area contributed by atoms with Crippen LogP contribution in [0.4, 0.5) is 11.4 Å². The van der Waals surface area contributed by atoms with E-state index in [9.17, 15) is 14.4 Å². The molecule has 1 N–H and O–H groups in total. The summed E-state index contributed by atoms with van der Waals surface area (Å²) in [6, 6.07) is 14.3. The molecule has 0 aromatic heterocycles. The molecule has 7 heteroatoms. The minimum atomic E-state index is -0.426. The lowest BCUT2D eigenvalue weighted by molar-refractivity contribution is -0.116. The smallest absolute Gasteiger partial charge is 0.262 e. The monoisotopic (exact) mass is 392 g/mol. The van der Waals surface area contributed by atoms with Crippen molar-refractivity contribution < 1.29 is 14.4 Å². The maximum atomic E-state index is 12.7. The first-order valence-electron chi connectivity index (χ1n) is 9.90. The quantitative estimate of drug-likeness (QED) is 0.789. The van der Waals surface area contributed by atoms with Crippen molar-refractivity contribution >= 4 is 29.1 Å². The lowest BCUT2D eigenvalue weighted by Crippen LogP contribution is -2.46. The number of fused-ring (bicyclic) bond motifs is 1. The van der Waals surface area contributed by atoms with E-state index >= 15 is 0 Å². The molecule has 2 aliphatic rings. The van der Waals surface area contributed by atoms with E-state index in [0.29, 0.717) is 16.8 Å². The molecule has 150 valence electrons. The van der Waals surface area contributed by atoms with E-state index in [2.05, 4.69) is 22.0 Å². The largest absolute Gasteiger partial charge is 0.367 e. The maximum absolute atomic E-state index is 12.7. The van der Waals surface area contributed by atoms with Crippen molar-refractivity contribution in [1.82, 2.24) is 9.80 Å². The van der Waals surface area contributed by atoms with Gasteiger partial charge in [0.05, 0.1) is 22.5 Å². The highest BCUT2D eigenvalue weighted by Gasteiger charge is 2.36. The number of piperazine rings is 1. The Morgan fingerprint density at radius 1 is 0.897 bits per heavy atom. The van der Waals surface area contributed by atoms with Crippen LogP contribution in [0.15, 0.2) is 48.5 Å². The van der Waals surface area contributed by atoms with Crippen LogP contribution in [0.3, 0.4) is 0 Å². The molecule has 1 saturated heterocycles. The van der Waals surface area contributed by atoms with Crippen molar-refractivity contribution in [3.8, 4) is 0 Å². The number of anilines is 2. The van der Waals surface area contributed by atoms with Gasteiger partial charge in [0.2, 0.25) is 5.91 Å². The standard InChI is InChI=1S/C22H24N4O3/c1-2-24-11-13-25(14-12-24)19-10-6-5-9-18(19)23-20(27)15-26-21(28)16-7-3-4-8-17(16)22(26)29/h3-10H,2,11-15H2,1H3,(H,23,27). The first-order chi connectivity index (χ1) is 14.1. The van der Waals surface area contributed by atoms with Crippen molar-refractivity contribution in [1.29, 1.82) is 0 Å². The molecule has 0 atom stereocenters. The lowest BCUT2D eigenvalue weighted by atomic mass is 10.1. The van der Waals surface area contributed by atoms with Gasteiger partial charge in [-0.15, -0.1) is 0 Å². The van der Waals surface area contributed by atoms with Gasteiger partial charge in [-0.3, -0.25) is 19.3 Å². The number of para-hydroxylation sites is 2. The molecule has 3 amide bonds. The number of rotatable bonds is 5. The predicted molar refractivity (Wildman–Crippen MR) is 111 cm³/mol. The molecule has 0 radical (unpaired) electrons.